The van der Waals surface area contributed by atoms with Crippen LogP contribution < -0.4 is 48.5 Å². The molecule has 92 heavy (non-hydrogen) atoms. The second-order valence-electron chi connectivity index (χ2n) is 23.7. The van der Waals surface area contributed by atoms with Crippen molar-refractivity contribution >= 4 is 35.7 Å². The summed E-state index contributed by atoms with van der Waals surface area (Å²) in [5, 5.41) is 95.5. The van der Waals surface area contributed by atoms with Crippen molar-refractivity contribution in [1.82, 2.24) is 51.7 Å². The van der Waals surface area contributed by atoms with Crippen molar-refractivity contribution in [2.24, 2.45) is 11.8 Å². The Morgan fingerprint density at radius 3 is 1.92 bits per heavy atom. The van der Waals surface area contributed by atoms with Gasteiger partial charge in [0.15, 0.2) is 18.5 Å². The molecule has 4 amide bonds. The Kier molecular flexibility index (Phi) is 24.3. The number of aliphatic hydroxyl groups is 4. The van der Waals surface area contributed by atoms with E-state index in [1.807, 2.05) is 97.1 Å². The van der Waals surface area contributed by atoms with Gasteiger partial charge < -0.3 is 86.8 Å². The first kappa shape index (κ1) is 69.5. The number of amides is 4. The van der Waals surface area contributed by atoms with Gasteiger partial charge in [-0.25, -0.2) is 14.4 Å². The molecule has 3 saturated heterocycles. The molecule has 0 aliphatic carbocycles. The molecule has 8 rings (SSSR count). The van der Waals surface area contributed by atoms with Crippen LogP contribution in [0.25, 0.3) is 22.3 Å². The zero-order chi connectivity index (χ0) is 66.3. The molecular formula is C64H83N11O17. The fourth-order valence-electron chi connectivity index (χ4n) is 11.5. The topological polar surface area (TPSA) is 410 Å². The number of aliphatic hydroxyl groups excluding tert-OH is 4. The lowest BCUT2D eigenvalue weighted by Crippen LogP contribution is -2.67. The van der Waals surface area contributed by atoms with E-state index in [2.05, 4.69) is 42.2 Å². The average molecular weight is 1280 g/mol. The standard InChI is InChI=1S/C64H83N11O17/c1-34(2)45(59(83)84)72-63(87)73-46(42-25-28-68-62(65)69-42)57(82)71-47(49(77)35(3)4)56(81)67-27-12-29-74(33-37-19-23-41(24-20-37)39-15-10-7-11-16-39)48(60(85)86)53(54-51(79)52(80)58(91-54)75-30-26-44(76)70-64(75)88)92-61-55(89-5)50(78)43(90-61)32-66-31-36-17-21-40(22-18-36)38-13-8-6-9-14-38/h6-11,13-24,26,30,34-35,42-43,45-55,58,61,66,77-80H,12,25,27-29,31-33H2,1-5H3,(H,67,81)(H,71,82)(H,83,84)(H,85,86)(H3,65,68,69)(H,70,76,88)(H2,72,73,87)/t42?,43-,45?,46?,47?,48?,49?,50+,51+,52-,53?,54+,55-,58-,61-/m1/s1. The molecule has 3 aliphatic heterocycles. The van der Waals surface area contributed by atoms with E-state index < -0.39 is 144 Å². The highest BCUT2D eigenvalue weighted by Gasteiger charge is 2.55. The quantitative estimate of drug-likeness (QED) is 0.0277. The smallest absolute Gasteiger partial charge is 0.330 e. The molecule has 3 fully saturated rings. The molecular weight excluding hydrogens is 1190 g/mol. The van der Waals surface area contributed by atoms with Crippen molar-refractivity contribution in [2.45, 2.75) is 145 Å². The molecule has 0 bridgehead atoms. The van der Waals surface area contributed by atoms with E-state index in [0.717, 1.165) is 44.6 Å². The first-order chi connectivity index (χ1) is 44.0. The van der Waals surface area contributed by atoms with Gasteiger partial charge in [0.1, 0.15) is 66.9 Å². The van der Waals surface area contributed by atoms with Crippen molar-refractivity contribution in [3.05, 3.63) is 153 Å². The first-order valence-electron chi connectivity index (χ1n) is 30.5. The molecule has 7 unspecified atom stereocenters. The van der Waals surface area contributed by atoms with Crippen LogP contribution in [0.2, 0.25) is 0 Å². The Bertz CT molecular complexity index is 3400. The van der Waals surface area contributed by atoms with Crippen LogP contribution in [-0.2, 0) is 51.2 Å². The summed E-state index contributed by atoms with van der Waals surface area (Å²) in [7, 11) is 1.29. The van der Waals surface area contributed by atoms with E-state index in [1.54, 1.807) is 39.8 Å². The number of aromatic amines is 1. The SMILES string of the molecule is CO[C@H]1[C@@H](OC(C(C(=O)O)N(CCCNC(=O)C(NC(=O)C(NC(=O)NC(C(=O)O)C(C)C)C2CCNC(=N)N2)C(O)C(C)C)Cc2ccc(-c3ccccc3)cc2)[C@H]2O[C@@H](n3ccc(=O)[nH]c3=O)[C@H](O)[C@@H]2O)O[C@H](CNCc2ccc(-c3ccccc3)cc2)[C@@H]1O. The molecule has 4 aromatic carbocycles. The van der Waals surface area contributed by atoms with Gasteiger partial charge in [-0.05, 0) is 58.1 Å². The van der Waals surface area contributed by atoms with Crippen molar-refractivity contribution in [3.8, 4) is 22.3 Å². The second kappa shape index (κ2) is 32.2. The third-order valence-electron chi connectivity index (χ3n) is 16.5. The van der Waals surface area contributed by atoms with Crippen molar-refractivity contribution < 1.29 is 73.6 Å². The number of benzene rings is 4. The predicted octanol–water partition coefficient (Wildman–Crippen LogP) is 0.392. The van der Waals surface area contributed by atoms with Gasteiger partial charge in [0.2, 0.25) is 11.8 Å². The summed E-state index contributed by atoms with van der Waals surface area (Å²) in [4.78, 5) is 97.3. The molecule has 4 heterocycles. The number of H-pyrrole nitrogens is 1. The Hall–Kier alpha value is -8.42. The van der Waals surface area contributed by atoms with Gasteiger partial charge in [0, 0.05) is 58.6 Å². The monoisotopic (exact) mass is 1280 g/mol. The number of guanidine groups is 1. The normalized spacial score (nSPS) is 23.3. The summed E-state index contributed by atoms with van der Waals surface area (Å²) in [5.74, 6) is -6.07. The van der Waals surface area contributed by atoms with Gasteiger partial charge in [-0.3, -0.25) is 39.0 Å². The number of aromatic nitrogens is 2. The number of aliphatic carboxylic acids is 2. The van der Waals surface area contributed by atoms with Gasteiger partial charge in [-0.2, -0.15) is 0 Å². The minimum atomic E-state index is -1.99. The lowest BCUT2D eigenvalue weighted by Gasteiger charge is -2.39. The maximum Gasteiger partial charge on any atom is 0.330 e. The maximum absolute atomic E-state index is 14.4. The summed E-state index contributed by atoms with van der Waals surface area (Å²) in [5.41, 5.74) is 3.51. The van der Waals surface area contributed by atoms with Gasteiger partial charge in [-0.15, -0.1) is 0 Å². The summed E-state index contributed by atoms with van der Waals surface area (Å²) in [6.07, 6.45) is -14.9. The number of rotatable bonds is 30. The number of nitrogens with zero attached hydrogens (tertiary/aromatic N) is 2. The van der Waals surface area contributed by atoms with Crippen LogP contribution in [0.5, 0.6) is 0 Å². The van der Waals surface area contributed by atoms with Gasteiger partial charge >= 0.3 is 23.7 Å². The molecule has 5 aromatic rings. The van der Waals surface area contributed by atoms with E-state index in [4.69, 9.17) is 24.4 Å². The Labute approximate surface area is 530 Å². The number of carbonyl (C=O) groups is 5. The molecule has 0 radical (unpaired) electrons. The van der Waals surface area contributed by atoms with E-state index >= 15 is 0 Å². The number of urea groups is 1. The first-order valence-corrected chi connectivity index (χ1v) is 30.5. The number of carboxylic acid groups (broad SMARTS) is 2. The number of hydrogen-bond donors (Lipinski definition) is 15. The van der Waals surface area contributed by atoms with E-state index in [-0.39, 0.29) is 51.5 Å². The molecule has 28 heteroatoms. The second-order valence-corrected chi connectivity index (χ2v) is 23.7. The fourth-order valence-corrected chi connectivity index (χ4v) is 11.5. The molecule has 496 valence electrons. The number of carboxylic acids is 2. The van der Waals surface area contributed by atoms with E-state index in [0.29, 0.717) is 12.1 Å². The highest BCUT2D eigenvalue weighted by molar-refractivity contribution is 5.94. The van der Waals surface area contributed by atoms with Gasteiger partial charge in [0.25, 0.3) is 5.56 Å². The number of nitrogens with one attached hydrogen (secondary N) is 9. The molecule has 15 N–H and O–H groups in total. The minimum absolute atomic E-state index is 0.0471. The van der Waals surface area contributed by atoms with Crippen LogP contribution in [0.4, 0.5) is 4.79 Å². The van der Waals surface area contributed by atoms with Crippen molar-refractivity contribution in [3.63, 3.8) is 0 Å². The molecule has 1 aromatic heterocycles. The number of hydrogen-bond acceptors (Lipinski definition) is 18. The fraction of sp³-hybridized carbons (Fsp3) is 0.469. The Morgan fingerprint density at radius 1 is 0.739 bits per heavy atom. The zero-order valence-electron chi connectivity index (χ0n) is 51.6. The predicted molar refractivity (Wildman–Crippen MR) is 334 cm³/mol. The van der Waals surface area contributed by atoms with Gasteiger partial charge in [0.05, 0.1) is 12.1 Å². The molecule has 0 spiro atoms. The Balaban J connectivity index is 1.07. The largest absolute Gasteiger partial charge is 0.480 e. The average Bonchev–Trinajstić information content (AvgIpc) is 1.63. The van der Waals surface area contributed by atoms with Crippen LogP contribution >= 0.6 is 0 Å². The van der Waals surface area contributed by atoms with Crippen molar-refractivity contribution in [2.75, 3.05) is 33.3 Å². The van der Waals surface area contributed by atoms with Crippen LogP contribution in [0.1, 0.15) is 57.9 Å². The highest BCUT2D eigenvalue weighted by atomic mass is 16.7. The minimum Gasteiger partial charge on any atom is -0.480 e. The van der Waals surface area contributed by atoms with E-state index in [9.17, 15) is 64.2 Å². The summed E-state index contributed by atoms with van der Waals surface area (Å²) in [6.45, 7) is 6.39. The number of carbonyl (C=O) groups excluding carboxylic acids is 3. The summed E-state index contributed by atoms with van der Waals surface area (Å²) >= 11 is 0. The third-order valence-corrected chi connectivity index (χ3v) is 16.5. The molecule has 28 nitrogen and oxygen atoms in total. The lowest BCUT2D eigenvalue weighted by atomic mass is 9.96. The maximum atomic E-state index is 14.4. The molecule has 0 saturated carbocycles. The number of methoxy groups -OCH3 is 1. The highest BCUT2D eigenvalue weighted by Crippen LogP contribution is 2.37. The molecule has 15 atom stereocenters. The zero-order valence-corrected chi connectivity index (χ0v) is 51.6. The van der Waals surface area contributed by atoms with Gasteiger partial charge in [-0.1, -0.05) is 137 Å². The van der Waals surface area contributed by atoms with Crippen LogP contribution in [-0.4, -0.2) is 199 Å². The summed E-state index contributed by atoms with van der Waals surface area (Å²) < 4.78 is 25.9. The molecule has 3 aliphatic rings. The van der Waals surface area contributed by atoms with Crippen LogP contribution in [0, 0.1) is 17.2 Å². The number of ether oxygens (including phenoxy) is 4. The Morgan fingerprint density at radius 2 is 1.36 bits per heavy atom. The third kappa shape index (κ3) is 17.6. The van der Waals surface area contributed by atoms with Crippen LogP contribution in [0.15, 0.2) is 131 Å². The lowest BCUT2D eigenvalue weighted by molar-refractivity contribution is -0.239. The summed E-state index contributed by atoms with van der Waals surface area (Å²) in [6, 6.07) is 27.1. The van der Waals surface area contributed by atoms with E-state index in [1.165, 1.54) is 12.0 Å². The van der Waals surface area contributed by atoms with Crippen LogP contribution in [0.3, 0.4) is 0 Å². The van der Waals surface area contributed by atoms with Crippen molar-refractivity contribution in [1.29, 1.82) is 5.41 Å².